The predicted molar refractivity (Wildman–Crippen MR) is 76.5 cm³/mol. The van der Waals surface area contributed by atoms with Crippen molar-refractivity contribution in [3.05, 3.63) is 46.3 Å². The zero-order chi connectivity index (χ0) is 11.1. The van der Waals surface area contributed by atoms with E-state index in [-0.39, 0.29) is 0 Å². The van der Waals surface area contributed by atoms with Crippen LogP contribution in [0, 0.1) is 0 Å². The van der Waals surface area contributed by atoms with Crippen molar-refractivity contribution in [1.82, 2.24) is 0 Å². The molecule has 1 aliphatic carbocycles. The van der Waals surface area contributed by atoms with E-state index in [9.17, 15) is 0 Å². The Morgan fingerprint density at radius 3 is 2.69 bits per heavy atom. The molecule has 16 heavy (non-hydrogen) atoms. The largest absolute Gasteiger partial charge is 0.139 e. The van der Waals surface area contributed by atoms with E-state index >= 15 is 0 Å². The first-order valence-corrected chi connectivity index (χ1v) is 6.79. The molecule has 0 saturated heterocycles. The first kappa shape index (κ1) is 10.3. The first-order valence-electron chi connectivity index (χ1n) is 5.39. The van der Waals surface area contributed by atoms with Gasteiger partial charge in [0.05, 0.1) is 0 Å². The van der Waals surface area contributed by atoms with Crippen molar-refractivity contribution in [2.45, 2.75) is 13.3 Å². The quantitative estimate of drug-likeness (QED) is 0.668. The zero-order valence-electron chi connectivity index (χ0n) is 9.16. The second kappa shape index (κ2) is 3.84. The lowest BCUT2D eigenvalue weighted by Gasteiger charge is -2.02. The molecule has 0 nitrogen and oxygen atoms in total. The molecule has 1 heterocycles. The fraction of sp³-hybridized carbons (Fsp3) is 0.143. The van der Waals surface area contributed by atoms with Crippen LogP contribution in [0.4, 0.5) is 0 Å². The monoisotopic (exact) mass is 244 g/mol. The van der Waals surface area contributed by atoms with Gasteiger partial charge in [0.15, 0.2) is 0 Å². The number of hydrogen-bond donors (Lipinski definition) is 0. The number of rotatable bonds is 1. The fourth-order valence-corrected chi connectivity index (χ4v) is 4.16. The van der Waals surface area contributed by atoms with Gasteiger partial charge in [-0.05, 0) is 18.1 Å². The van der Waals surface area contributed by atoms with Crippen LogP contribution in [-0.2, 0) is 6.42 Å². The van der Waals surface area contributed by atoms with Gasteiger partial charge in [-0.2, -0.15) is 0 Å². The molecule has 0 bridgehead atoms. The summed E-state index contributed by atoms with van der Waals surface area (Å²) in [7, 11) is 2.88. The standard InChI is InChI=1S/C14H13PS/c1-9-7-11-12(8-9)16-14(15)13(11)10-5-3-2-4-6-10/h2-7H,8,15H2,1H3. The number of benzene rings is 1. The molecule has 0 amide bonds. The van der Waals surface area contributed by atoms with E-state index in [0.29, 0.717) is 0 Å². The van der Waals surface area contributed by atoms with E-state index in [0.717, 1.165) is 6.42 Å². The molecule has 1 atom stereocenters. The van der Waals surface area contributed by atoms with Gasteiger partial charge in [0, 0.05) is 21.5 Å². The minimum Gasteiger partial charge on any atom is -0.139 e. The summed E-state index contributed by atoms with van der Waals surface area (Å²) >= 11 is 1.91. The van der Waals surface area contributed by atoms with Crippen LogP contribution in [-0.4, -0.2) is 0 Å². The predicted octanol–water partition coefficient (Wildman–Crippen LogP) is 3.87. The smallest absolute Gasteiger partial charge is 0.0303 e. The van der Waals surface area contributed by atoms with Crippen molar-refractivity contribution in [1.29, 1.82) is 0 Å². The molecular formula is C14H13PS. The minimum absolute atomic E-state index is 1.13. The van der Waals surface area contributed by atoms with Gasteiger partial charge in [0.25, 0.3) is 0 Å². The van der Waals surface area contributed by atoms with E-state index in [1.807, 2.05) is 11.3 Å². The van der Waals surface area contributed by atoms with Gasteiger partial charge in [0.2, 0.25) is 0 Å². The normalized spacial score (nSPS) is 13.8. The van der Waals surface area contributed by atoms with Crippen molar-refractivity contribution in [3.63, 3.8) is 0 Å². The topological polar surface area (TPSA) is 0 Å². The molecule has 0 spiro atoms. The van der Waals surface area contributed by atoms with Crippen LogP contribution in [0.15, 0.2) is 35.9 Å². The Balaban J connectivity index is 2.22. The SMILES string of the molecule is CC1=Cc2c(sc(P)c2-c2ccccc2)C1. The molecule has 80 valence electrons. The van der Waals surface area contributed by atoms with Crippen molar-refractivity contribution >= 4 is 31.3 Å². The van der Waals surface area contributed by atoms with Gasteiger partial charge < -0.3 is 0 Å². The molecule has 1 aromatic carbocycles. The zero-order valence-corrected chi connectivity index (χ0v) is 11.1. The van der Waals surface area contributed by atoms with Crippen LogP contribution >= 0.6 is 20.6 Å². The van der Waals surface area contributed by atoms with Crippen LogP contribution < -0.4 is 4.62 Å². The molecule has 2 heteroatoms. The van der Waals surface area contributed by atoms with Gasteiger partial charge in [-0.25, -0.2) is 0 Å². The summed E-state index contributed by atoms with van der Waals surface area (Å²) in [5, 5.41) is 0. The fourth-order valence-electron chi connectivity index (χ4n) is 2.25. The molecule has 0 radical (unpaired) electrons. The molecule has 2 aromatic rings. The summed E-state index contributed by atoms with van der Waals surface area (Å²) < 4.78 is 1.36. The van der Waals surface area contributed by atoms with Crippen molar-refractivity contribution < 1.29 is 0 Å². The number of allylic oxidation sites excluding steroid dienone is 1. The summed E-state index contributed by atoms with van der Waals surface area (Å²) in [6, 6.07) is 10.7. The second-order valence-corrected chi connectivity index (χ2v) is 6.34. The van der Waals surface area contributed by atoms with Crippen LogP contribution in [0.2, 0.25) is 0 Å². The maximum atomic E-state index is 2.88. The lowest BCUT2D eigenvalue weighted by Crippen LogP contribution is -1.89. The highest BCUT2D eigenvalue weighted by molar-refractivity contribution is 7.44. The van der Waals surface area contributed by atoms with E-state index in [1.165, 1.54) is 31.8 Å². The molecule has 3 rings (SSSR count). The third kappa shape index (κ3) is 1.55. The van der Waals surface area contributed by atoms with Gasteiger partial charge in [-0.3, -0.25) is 0 Å². The Labute approximate surface area is 102 Å². The van der Waals surface area contributed by atoms with Gasteiger partial charge in [-0.15, -0.1) is 11.3 Å². The lowest BCUT2D eigenvalue weighted by molar-refractivity contribution is 1.24. The van der Waals surface area contributed by atoms with Crippen molar-refractivity contribution in [2.75, 3.05) is 0 Å². The van der Waals surface area contributed by atoms with Gasteiger partial charge >= 0.3 is 0 Å². The van der Waals surface area contributed by atoms with E-state index in [2.05, 4.69) is 52.6 Å². The number of fused-ring (bicyclic) bond motifs is 1. The third-order valence-corrected chi connectivity index (χ3v) is 4.62. The number of thiophene rings is 1. The van der Waals surface area contributed by atoms with Crippen molar-refractivity contribution in [3.8, 4) is 11.1 Å². The summed E-state index contributed by atoms with van der Waals surface area (Å²) in [5.74, 6) is 0. The maximum absolute atomic E-state index is 2.88. The molecule has 0 aliphatic heterocycles. The average molecular weight is 244 g/mol. The van der Waals surface area contributed by atoms with Gasteiger partial charge in [-0.1, -0.05) is 51.2 Å². The van der Waals surface area contributed by atoms with E-state index < -0.39 is 0 Å². The number of hydrogen-bond acceptors (Lipinski definition) is 1. The molecule has 1 aliphatic rings. The molecule has 1 aromatic heterocycles. The Kier molecular flexibility index (Phi) is 2.46. The van der Waals surface area contributed by atoms with Gasteiger partial charge in [0.1, 0.15) is 0 Å². The molecule has 1 unspecified atom stereocenters. The Bertz CT molecular complexity index is 564. The first-order chi connectivity index (χ1) is 7.75. The van der Waals surface area contributed by atoms with E-state index in [1.54, 1.807) is 0 Å². The molecule has 0 saturated carbocycles. The molecule has 0 fully saturated rings. The summed E-state index contributed by atoms with van der Waals surface area (Å²) in [5.41, 5.74) is 5.65. The minimum atomic E-state index is 1.13. The molecule has 0 N–H and O–H groups in total. The highest BCUT2D eigenvalue weighted by atomic mass is 32.1. The van der Waals surface area contributed by atoms with Crippen molar-refractivity contribution in [2.24, 2.45) is 0 Å². The van der Waals surface area contributed by atoms with Crippen LogP contribution in [0.1, 0.15) is 17.4 Å². The molecular weight excluding hydrogens is 231 g/mol. The lowest BCUT2D eigenvalue weighted by atomic mass is 10.0. The average Bonchev–Trinajstić information content (AvgIpc) is 2.74. The van der Waals surface area contributed by atoms with E-state index in [4.69, 9.17) is 0 Å². The summed E-state index contributed by atoms with van der Waals surface area (Å²) in [6.45, 7) is 2.21. The summed E-state index contributed by atoms with van der Waals surface area (Å²) in [4.78, 5) is 1.52. The van der Waals surface area contributed by atoms with Crippen LogP contribution in [0.5, 0.6) is 0 Å². The highest BCUT2D eigenvalue weighted by Crippen LogP contribution is 2.38. The van der Waals surface area contributed by atoms with Crippen LogP contribution in [0.3, 0.4) is 0 Å². The third-order valence-electron chi connectivity index (χ3n) is 2.94. The summed E-state index contributed by atoms with van der Waals surface area (Å²) in [6.07, 6.45) is 3.47. The van der Waals surface area contributed by atoms with Crippen LogP contribution in [0.25, 0.3) is 17.2 Å². The Hall–Kier alpha value is -0.910. The highest BCUT2D eigenvalue weighted by Gasteiger charge is 2.19. The Morgan fingerprint density at radius 2 is 1.94 bits per heavy atom. The Morgan fingerprint density at radius 1 is 1.19 bits per heavy atom. The second-order valence-electron chi connectivity index (χ2n) is 4.21. The maximum Gasteiger partial charge on any atom is 0.0303 e.